The van der Waals surface area contributed by atoms with E-state index >= 15 is 0 Å². The van der Waals surface area contributed by atoms with E-state index in [1.54, 1.807) is 0 Å². The van der Waals surface area contributed by atoms with Crippen LogP contribution in [0.15, 0.2) is 54.6 Å². The fourth-order valence-corrected chi connectivity index (χ4v) is 4.08. The van der Waals surface area contributed by atoms with Crippen LogP contribution in [0.3, 0.4) is 0 Å². The van der Waals surface area contributed by atoms with Crippen molar-refractivity contribution < 1.29 is 0 Å². The molecule has 0 spiro atoms. The summed E-state index contributed by atoms with van der Waals surface area (Å²) in [6.45, 7) is 6.47. The van der Waals surface area contributed by atoms with E-state index in [0.717, 1.165) is 31.9 Å². The maximum Gasteiger partial charge on any atom is 0.171 e. The van der Waals surface area contributed by atoms with E-state index in [9.17, 15) is 0 Å². The minimum absolute atomic E-state index is 0.162. The topological polar surface area (TPSA) is 30.5 Å². The molecule has 3 rings (SSSR count). The van der Waals surface area contributed by atoms with Crippen LogP contribution in [0, 0.1) is 0 Å². The van der Waals surface area contributed by atoms with Gasteiger partial charge in [-0.2, -0.15) is 0 Å². The third-order valence-electron chi connectivity index (χ3n) is 4.99. The van der Waals surface area contributed by atoms with Crippen LogP contribution in [-0.4, -0.2) is 54.2 Å². The molecule has 0 bridgehead atoms. The van der Waals surface area contributed by atoms with Crippen molar-refractivity contribution in [3.8, 4) is 0 Å². The molecule has 2 aromatic carbocycles. The molecule has 1 heterocycles. The lowest BCUT2D eigenvalue weighted by molar-refractivity contribution is 0.0973. The molecule has 0 saturated carbocycles. The highest BCUT2D eigenvalue weighted by Crippen LogP contribution is 2.26. The van der Waals surface area contributed by atoms with Crippen molar-refractivity contribution in [2.45, 2.75) is 19.0 Å². The largest absolute Gasteiger partial charge is 0.358 e. The number of piperazine rings is 1. The van der Waals surface area contributed by atoms with E-state index in [-0.39, 0.29) is 12.1 Å². The van der Waals surface area contributed by atoms with Gasteiger partial charge in [0.25, 0.3) is 0 Å². The van der Waals surface area contributed by atoms with Gasteiger partial charge in [-0.1, -0.05) is 48.0 Å². The fraction of sp³-hybridized carbons (Fsp3) is 0.381. The summed E-state index contributed by atoms with van der Waals surface area (Å²) in [4.78, 5) is 4.93. The Labute approximate surface area is 172 Å². The van der Waals surface area contributed by atoms with Crippen LogP contribution >= 0.6 is 23.8 Å². The SMILES string of the molecule is C[C@@H](NC(=S)Nc1cccc(Cl)c1)[C@H](c1ccccc1)N1CCN(C)CC1. The number of hydrogen-bond donors (Lipinski definition) is 2. The molecule has 27 heavy (non-hydrogen) atoms. The molecule has 0 aromatic heterocycles. The van der Waals surface area contributed by atoms with Crippen LogP contribution in [0.5, 0.6) is 0 Å². The van der Waals surface area contributed by atoms with E-state index in [1.807, 2.05) is 24.3 Å². The third kappa shape index (κ3) is 5.66. The summed E-state index contributed by atoms with van der Waals surface area (Å²) in [5, 5.41) is 8.02. The van der Waals surface area contributed by atoms with Crippen molar-refractivity contribution in [3.05, 3.63) is 65.2 Å². The Hall–Kier alpha value is -1.66. The van der Waals surface area contributed by atoms with E-state index in [2.05, 4.69) is 64.7 Å². The van der Waals surface area contributed by atoms with Gasteiger partial charge in [-0.05, 0) is 50.0 Å². The molecule has 1 aliphatic heterocycles. The second kappa shape index (κ2) is 9.51. The summed E-state index contributed by atoms with van der Waals surface area (Å²) < 4.78 is 0. The van der Waals surface area contributed by atoms with Crippen LogP contribution in [0.25, 0.3) is 0 Å². The zero-order chi connectivity index (χ0) is 19.2. The van der Waals surface area contributed by atoms with Gasteiger partial charge in [0.15, 0.2) is 5.11 Å². The van der Waals surface area contributed by atoms with Crippen molar-refractivity contribution in [1.82, 2.24) is 15.1 Å². The molecular formula is C21H27ClN4S. The quantitative estimate of drug-likeness (QED) is 0.738. The summed E-state index contributed by atoms with van der Waals surface area (Å²) in [6.07, 6.45) is 0. The maximum atomic E-state index is 6.06. The van der Waals surface area contributed by atoms with Gasteiger partial charge >= 0.3 is 0 Å². The molecule has 4 nitrogen and oxygen atoms in total. The van der Waals surface area contributed by atoms with Crippen molar-refractivity contribution in [3.63, 3.8) is 0 Å². The Balaban J connectivity index is 1.70. The second-order valence-corrected chi connectivity index (χ2v) is 7.94. The van der Waals surface area contributed by atoms with Crippen LogP contribution in [-0.2, 0) is 0 Å². The Bertz CT molecular complexity index is 747. The molecule has 0 amide bonds. The maximum absolute atomic E-state index is 6.06. The molecule has 6 heteroatoms. The minimum atomic E-state index is 0.162. The Morgan fingerprint density at radius 2 is 1.74 bits per heavy atom. The first-order valence-electron chi connectivity index (χ1n) is 9.33. The van der Waals surface area contributed by atoms with E-state index in [0.29, 0.717) is 10.1 Å². The summed E-state index contributed by atoms with van der Waals surface area (Å²) in [5.41, 5.74) is 2.20. The minimum Gasteiger partial charge on any atom is -0.358 e. The highest BCUT2D eigenvalue weighted by atomic mass is 35.5. The summed E-state index contributed by atoms with van der Waals surface area (Å²) >= 11 is 11.6. The zero-order valence-corrected chi connectivity index (χ0v) is 17.4. The molecule has 1 aliphatic rings. The average molecular weight is 403 g/mol. The number of nitrogens with one attached hydrogen (secondary N) is 2. The van der Waals surface area contributed by atoms with Crippen molar-refractivity contribution in [2.24, 2.45) is 0 Å². The monoisotopic (exact) mass is 402 g/mol. The van der Waals surface area contributed by atoms with Crippen LogP contribution < -0.4 is 10.6 Å². The molecule has 144 valence electrons. The number of benzene rings is 2. The third-order valence-corrected chi connectivity index (χ3v) is 5.44. The molecule has 2 aromatic rings. The predicted octanol–water partition coefficient (Wildman–Crippen LogP) is 4.00. The smallest absolute Gasteiger partial charge is 0.171 e. The number of likely N-dealkylation sites (N-methyl/N-ethyl adjacent to an activating group) is 1. The second-order valence-electron chi connectivity index (χ2n) is 7.09. The Morgan fingerprint density at radius 1 is 1.04 bits per heavy atom. The van der Waals surface area contributed by atoms with Gasteiger partial charge in [0.05, 0.1) is 6.04 Å². The number of thiocarbonyl (C=S) groups is 1. The molecule has 2 atom stereocenters. The van der Waals surface area contributed by atoms with Gasteiger partial charge in [-0.25, -0.2) is 0 Å². The molecular weight excluding hydrogens is 376 g/mol. The lowest BCUT2D eigenvalue weighted by atomic mass is 9.98. The van der Waals surface area contributed by atoms with Crippen molar-refractivity contribution in [2.75, 3.05) is 38.5 Å². The highest BCUT2D eigenvalue weighted by molar-refractivity contribution is 7.80. The number of hydrogen-bond acceptors (Lipinski definition) is 3. The van der Waals surface area contributed by atoms with E-state index < -0.39 is 0 Å². The standard InChI is InChI=1S/C21H27ClN4S/c1-16(23-21(27)24-19-10-6-9-18(22)15-19)20(17-7-4-3-5-8-17)26-13-11-25(2)12-14-26/h3-10,15-16,20H,11-14H2,1-2H3,(H2,23,24,27)/t16-,20-/m1/s1. The zero-order valence-electron chi connectivity index (χ0n) is 15.9. The molecule has 1 saturated heterocycles. The first kappa shape index (κ1) is 20.1. The number of rotatable bonds is 5. The van der Waals surface area contributed by atoms with Crippen LogP contribution in [0.1, 0.15) is 18.5 Å². The summed E-state index contributed by atoms with van der Waals surface area (Å²) in [6, 6.07) is 18.7. The predicted molar refractivity (Wildman–Crippen MR) is 119 cm³/mol. The van der Waals surface area contributed by atoms with E-state index in [1.165, 1.54) is 5.56 Å². The first-order chi connectivity index (χ1) is 13.0. The number of anilines is 1. The van der Waals surface area contributed by atoms with E-state index in [4.69, 9.17) is 23.8 Å². The Kier molecular flexibility index (Phi) is 7.07. The molecule has 2 N–H and O–H groups in total. The van der Waals surface area contributed by atoms with Crippen LogP contribution in [0.2, 0.25) is 5.02 Å². The fourth-order valence-electron chi connectivity index (χ4n) is 3.59. The molecule has 1 fully saturated rings. The number of halogens is 1. The normalized spacial score (nSPS) is 17.9. The van der Waals surface area contributed by atoms with Gasteiger partial charge in [-0.15, -0.1) is 0 Å². The van der Waals surface area contributed by atoms with Gasteiger partial charge in [0, 0.05) is 42.9 Å². The van der Waals surface area contributed by atoms with Gasteiger partial charge in [-0.3, -0.25) is 4.90 Å². The first-order valence-corrected chi connectivity index (χ1v) is 10.1. The average Bonchev–Trinajstić information content (AvgIpc) is 2.64. The Morgan fingerprint density at radius 3 is 2.41 bits per heavy atom. The highest BCUT2D eigenvalue weighted by Gasteiger charge is 2.28. The van der Waals surface area contributed by atoms with Gasteiger partial charge in [0.1, 0.15) is 0 Å². The summed E-state index contributed by atoms with van der Waals surface area (Å²) in [7, 11) is 2.18. The van der Waals surface area contributed by atoms with Crippen molar-refractivity contribution >= 4 is 34.6 Å². The molecule has 0 aliphatic carbocycles. The van der Waals surface area contributed by atoms with Crippen LogP contribution in [0.4, 0.5) is 5.69 Å². The lowest BCUT2D eigenvalue weighted by Gasteiger charge is -2.41. The van der Waals surface area contributed by atoms with Gasteiger partial charge < -0.3 is 15.5 Å². The van der Waals surface area contributed by atoms with Crippen molar-refractivity contribution in [1.29, 1.82) is 0 Å². The van der Waals surface area contributed by atoms with Gasteiger partial charge in [0.2, 0.25) is 0 Å². The number of nitrogens with zero attached hydrogens (tertiary/aromatic N) is 2. The molecule has 0 unspecified atom stereocenters. The molecule has 0 radical (unpaired) electrons. The summed E-state index contributed by atoms with van der Waals surface area (Å²) in [5.74, 6) is 0. The lowest BCUT2D eigenvalue weighted by Crippen LogP contribution is -2.52.